The Labute approximate surface area is 218 Å². The van der Waals surface area contributed by atoms with E-state index in [1.807, 2.05) is 37.3 Å². The summed E-state index contributed by atoms with van der Waals surface area (Å²) >= 11 is 0. The summed E-state index contributed by atoms with van der Waals surface area (Å²) < 4.78 is 5.81. The zero-order chi connectivity index (χ0) is 27.1. The minimum Gasteiger partial charge on any atom is -0.457 e. The third kappa shape index (κ3) is 4.59. The number of benzene rings is 1. The van der Waals surface area contributed by atoms with Crippen molar-refractivity contribution in [2.24, 2.45) is 29.1 Å². The summed E-state index contributed by atoms with van der Waals surface area (Å²) in [4.78, 5) is 39.5. The van der Waals surface area contributed by atoms with Crippen LogP contribution in [0.1, 0.15) is 39.7 Å². The minimum absolute atomic E-state index is 0.287. The van der Waals surface area contributed by atoms with Crippen LogP contribution in [0.2, 0.25) is 0 Å². The molecule has 2 aliphatic carbocycles. The molecule has 2 fully saturated rings. The molecular weight excluding hydrogens is 470 g/mol. The summed E-state index contributed by atoms with van der Waals surface area (Å²) in [6.45, 7) is 10.5. The molecule has 1 aliphatic heterocycles. The molecule has 3 aliphatic rings. The van der Waals surface area contributed by atoms with Crippen LogP contribution in [-0.2, 0) is 25.5 Å². The van der Waals surface area contributed by atoms with Gasteiger partial charge in [0.25, 0.3) is 0 Å². The Kier molecular flexibility index (Phi) is 7.32. The Bertz CT molecular complexity index is 1140. The summed E-state index contributed by atoms with van der Waals surface area (Å²) in [7, 11) is 0. The van der Waals surface area contributed by atoms with Gasteiger partial charge in [-0.2, -0.15) is 0 Å². The smallest absolute Gasteiger partial charge is 0.303 e. The van der Waals surface area contributed by atoms with Crippen molar-refractivity contribution in [3.8, 4) is 0 Å². The number of aliphatic hydroxyl groups is 2. The van der Waals surface area contributed by atoms with Crippen molar-refractivity contribution in [1.29, 1.82) is 0 Å². The summed E-state index contributed by atoms with van der Waals surface area (Å²) in [6.07, 6.45) is 5.01. The molecule has 3 N–H and O–H groups in total. The van der Waals surface area contributed by atoms with E-state index in [0.717, 1.165) is 5.56 Å². The van der Waals surface area contributed by atoms with Gasteiger partial charge in [-0.25, -0.2) is 0 Å². The number of carbonyl (C=O) groups is 3. The average Bonchev–Trinajstić information content (AvgIpc) is 3.13. The number of esters is 1. The number of ether oxygens (including phenoxy) is 1. The van der Waals surface area contributed by atoms with Crippen molar-refractivity contribution in [3.63, 3.8) is 0 Å². The van der Waals surface area contributed by atoms with Crippen molar-refractivity contribution in [3.05, 3.63) is 72.4 Å². The maximum atomic E-state index is 14.2. The average molecular weight is 508 g/mol. The molecule has 1 aromatic rings. The highest BCUT2D eigenvalue weighted by Gasteiger charge is 2.68. The maximum Gasteiger partial charge on any atom is 0.303 e. The van der Waals surface area contributed by atoms with E-state index in [-0.39, 0.29) is 23.7 Å². The van der Waals surface area contributed by atoms with E-state index in [1.54, 1.807) is 19.1 Å². The zero-order valence-corrected chi connectivity index (χ0v) is 21.9. The largest absolute Gasteiger partial charge is 0.457 e. The predicted octanol–water partition coefficient (Wildman–Crippen LogP) is 2.92. The molecular formula is C30H37NO6. The number of nitrogens with one attached hydrogen (secondary N) is 1. The molecule has 0 unspecified atom stereocenters. The Balaban J connectivity index is 1.94. The molecule has 7 nitrogen and oxygen atoms in total. The summed E-state index contributed by atoms with van der Waals surface area (Å²) in [5.74, 6) is -3.26. The summed E-state index contributed by atoms with van der Waals surface area (Å²) in [6, 6.07) is 9.49. The first-order chi connectivity index (χ1) is 17.4. The number of aliphatic hydroxyl groups excluding tert-OH is 1. The number of amides is 1. The normalized spacial score (nSPS) is 41.6. The van der Waals surface area contributed by atoms with E-state index in [0.29, 0.717) is 18.4 Å². The van der Waals surface area contributed by atoms with Crippen molar-refractivity contribution in [1.82, 2.24) is 5.32 Å². The molecule has 0 bridgehead atoms. The Morgan fingerprint density at radius 2 is 1.86 bits per heavy atom. The van der Waals surface area contributed by atoms with Gasteiger partial charge in [0, 0.05) is 30.7 Å². The van der Waals surface area contributed by atoms with Gasteiger partial charge >= 0.3 is 5.97 Å². The van der Waals surface area contributed by atoms with Crippen LogP contribution in [0.5, 0.6) is 0 Å². The number of ketones is 1. The van der Waals surface area contributed by atoms with Gasteiger partial charge in [0.05, 0.1) is 6.10 Å². The van der Waals surface area contributed by atoms with Crippen LogP contribution in [0.15, 0.2) is 66.8 Å². The van der Waals surface area contributed by atoms with Crippen LogP contribution < -0.4 is 5.32 Å². The number of hydrogen-bond donors (Lipinski definition) is 3. The monoisotopic (exact) mass is 507 g/mol. The second kappa shape index (κ2) is 10.0. The molecule has 198 valence electrons. The summed E-state index contributed by atoms with van der Waals surface area (Å²) in [5, 5.41) is 25.7. The third-order valence-corrected chi connectivity index (χ3v) is 8.53. The van der Waals surface area contributed by atoms with Gasteiger partial charge in [-0.3, -0.25) is 14.4 Å². The zero-order valence-electron chi connectivity index (χ0n) is 21.9. The van der Waals surface area contributed by atoms with Crippen molar-refractivity contribution in [2.45, 2.75) is 64.4 Å². The fourth-order valence-corrected chi connectivity index (χ4v) is 6.68. The number of allylic oxidation sites excluding steroid dienone is 1. The van der Waals surface area contributed by atoms with E-state index >= 15 is 0 Å². The van der Waals surface area contributed by atoms with E-state index in [9.17, 15) is 24.6 Å². The highest BCUT2D eigenvalue weighted by atomic mass is 16.5. The highest BCUT2D eigenvalue weighted by molar-refractivity contribution is 5.91. The lowest BCUT2D eigenvalue weighted by Gasteiger charge is -2.52. The van der Waals surface area contributed by atoms with Gasteiger partial charge in [-0.1, -0.05) is 62.9 Å². The van der Waals surface area contributed by atoms with Gasteiger partial charge in [0.1, 0.15) is 17.1 Å². The Morgan fingerprint density at radius 1 is 1.19 bits per heavy atom. The quantitative estimate of drug-likeness (QED) is 0.428. The third-order valence-electron chi connectivity index (χ3n) is 8.53. The number of Topliss-reactive ketones (excluding diaryl/α,β-unsaturated/α-hetero) is 1. The molecule has 9 atom stereocenters. The van der Waals surface area contributed by atoms with E-state index in [2.05, 4.69) is 11.9 Å². The van der Waals surface area contributed by atoms with Crippen LogP contribution in [0.4, 0.5) is 0 Å². The number of carbonyl (C=O) groups excluding carboxylic acids is 3. The van der Waals surface area contributed by atoms with Crippen LogP contribution in [0.25, 0.3) is 0 Å². The van der Waals surface area contributed by atoms with E-state index in [1.165, 1.54) is 26.0 Å². The van der Waals surface area contributed by atoms with Gasteiger partial charge in [-0.05, 0) is 49.0 Å². The van der Waals surface area contributed by atoms with Gasteiger partial charge in [-0.15, -0.1) is 0 Å². The summed E-state index contributed by atoms with van der Waals surface area (Å²) in [5.41, 5.74) is -1.55. The van der Waals surface area contributed by atoms with Crippen molar-refractivity contribution in [2.75, 3.05) is 0 Å². The van der Waals surface area contributed by atoms with E-state index < -0.39 is 46.9 Å². The molecule has 1 saturated heterocycles. The first kappa shape index (κ1) is 27.0. The van der Waals surface area contributed by atoms with Crippen LogP contribution in [-0.4, -0.2) is 51.7 Å². The number of rotatable bonds is 3. The molecule has 1 saturated carbocycles. The van der Waals surface area contributed by atoms with Crippen molar-refractivity contribution < 1.29 is 29.3 Å². The van der Waals surface area contributed by atoms with E-state index in [4.69, 9.17) is 4.74 Å². The standard InChI is InChI=1S/C30H37NO6/c1-17-10-9-13-22-26(33)19(3)18(2)25-23(16-21-11-7-6-8-12-21)31-28(35)30(22,25)24(37-20(4)32)14-15-29(5,36)27(17)34/h6-9,11-15,17-18,22-26,33,36H,3,10,16H2,1-2,4-5H3,(H,31,35)/b13-9+,15-14+/t17-,18+,22-,23-,24+,25+,26+,29+,30-/m0/s1. The first-order valence-corrected chi connectivity index (χ1v) is 12.9. The Hall–Kier alpha value is -3.03. The topological polar surface area (TPSA) is 113 Å². The molecule has 4 rings (SSSR count). The second-order valence-corrected chi connectivity index (χ2v) is 11.0. The van der Waals surface area contributed by atoms with Crippen molar-refractivity contribution >= 4 is 17.7 Å². The van der Waals surface area contributed by atoms with Gasteiger partial charge in [0.15, 0.2) is 5.78 Å². The van der Waals surface area contributed by atoms with Crippen LogP contribution in [0.3, 0.4) is 0 Å². The molecule has 7 heteroatoms. The molecule has 1 heterocycles. The molecule has 1 aromatic carbocycles. The lowest BCUT2D eigenvalue weighted by Crippen LogP contribution is -2.60. The van der Waals surface area contributed by atoms with Crippen LogP contribution >= 0.6 is 0 Å². The second-order valence-electron chi connectivity index (χ2n) is 11.0. The number of hydrogen-bond acceptors (Lipinski definition) is 6. The molecule has 1 amide bonds. The SMILES string of the molecule is C=C1[C@@H](C)[C@@H]2[C@H](Cc3ccccc3)NC(=O)[C@@]23[C@H](OC(C)=O)/C=C/[C@@](C)(O)C(=O)[C@@H](C)C/C=C/[C@H]3[C@@H]1O. The molecule has 37 heavy (non-hydrogen) atoms. The fourth-order valence-electron chi connectivity index (χ4n) is 6.68. The first-order valence-electron chi connectivity index (χ1n) is 12.9. The van der Waals surface area contributed by atoms with Gasteiger partial charge < -0.3 is 20.3 Å². The maximum absolute atomic E-state index is 14.2. The molecule has 0 aromatic heterocycles. The fraction of sp³-hybridized carbons (Fsp3) is 0.500. The lowest BCUT2D eigenvalue weighted by atomic mass is 9.51. The highest BCUT2D eigenvalue weighted by Crippen LogP contribution is 2.58. The molecule has 1 spiro atoms. The Morgan fingerprint density at radius 3 is 2.51 bits per heavy atom. The predicted molar refractivity (Wildman–Crippen MR) is 139 cm³/mol. The lowest BCUT2D eigenvalue weighted by molar-refractivity contribution is -0.166. The van der Waals surface area contributed by atoms with Crippen LogP contribution in [0, 0.1) is 29.1 Å². The minimum atomic E-state index is -1.82. The van der Waals surface area contributed by atoms with Gasteiger partial charge in [0.2, 0.25) is 5.91 Å². The molecule has 0 radical (unpaired) electrons.